The fourth-order valence-corrected chi connectivity index (χ4v) is 2.82. The van der Waals surface area contributed by atoms with Crippen LogP contribution in [0.5, 0.6) is 0 Å². The molecule has 1 aromatic carbocycles. The first-order valence-corrected chi connectivity index (χ1v) is 7.04. The average Bonchev–Trinajstić information content (AvgIpc) is 3.04. The maximum atomic E-state index is 12.1. The highest BCUT2D eigenvalue weighted by Crippen LogP contribution is 2.20. The van der Waals surface area contributed by atoms with Gasteiger partial charge in [0.15, 0.2) is 11.4 Å². The molecule has 0 saturated carbocycles. The number of carbonyl (C=O) groups is 1. The van der Waals surface area contributed by atoms with Gasteiger partial charge in [-0.3, -0.25) is 4.79 Å². The van der Waals surface area contributed by atoms with E-state index in [2.05, 4.69) is 11.9 Å². The summed E-state index contributed by atoms with van der Waals surface area (Å²) in [6.45, 7) is 2.08. The lowest BCUT2D eigenvalue weighted by Crippen LogP contribution is -2.01. The van der Waals surface area contributed by atoms with Crippen LogP contribution in [0.4, 0.5) is 0 Å². The molecule has 0 N–H and O–H groups in total. The molecule has 0 radical (unpaired) electrons. The van der Waals surface area contributed by atoms with Crippen LogP contribution >= 0.6 is 11.3 Å². The van der Waals surface area contributed by atoms with Gasteiger partial charge in [-0.2, -0.15) is 0 Å². The molecule has 0 fully saturated rings. The molecule has 0 bridgehead atoms. The molecule has 0 aliphatic heterocycles. The van der Waals surface area contributed by atoms with Crippen molar-refractivity contribution >= 4 is 28.2 Å². The van der Waals surface area contributed by atoms with Crippen LogP contribution in [-0.2, 0) is 12.8 Å². The Morgan fingerprint density at radius 2 is 2.11 bits per heavy atom. The molecule has 19 heavy (non-hydrogen) atoms. The van der Waals surface area contributed by atoms with Crippen molar-refractivity contribution in [3.63, 3.8) is 0 Å². The number of para-hydroxylation sites is 2. The van der Waals surface area contributed by atoms with Crippen molar-refractivity contribution in [2.75, 3.05) is 0 Å². The predicted molar refractivity (Wildman–Crippen MR) is 75.7 cm³/mol. The van der Waals surface area contributed by atoms with Crippen LogP contribution in [0.1, 0.15) is 27.4 Å². The van der Waals surface area contributed by atoms with Crippen molar-refractivity contribution in [2.45, 2.75) is 19.8 Å². The topological polar surface area (TPSA) is 43.1 Å². The zero-order chi connectivity index (χ0) is 13.2. The molecule has 0 unspecified atom stereocenters. The molecule has 0 aliphatic rings. The lowest BCUT2D eigenvalue weighted by atomic mass is 10.2. The van der Waals surface area contributed by atoms with Gasteiger partial charge in [-0.05, 0) is 30.7 Å². The first-order chi connectivity index (χ1) is 9.26. The summed E-state index contributed by atoms with van der Waals surface area (Å²) in [5.74, 6) is 0.550. The highest BCUT2D eigenvalue weighted by molar-refractivity contribution is 7.14. The second kappa shape index (κ2) is 4.97. The molecule has 0 aliphatic carbocycles. The number of thiophene rings is 1. The van der Waals surface area contributed by atoms with Gasteiger partial charge in [-0.1, -0.05) is 19.1 Å². The second-order valence-corrected chi connectivity index (χ2v) is 5.46. The molecule has 2 aromatic heterocycles. The third-order valence-electron chi connectivity index (χ3n) is 2.93. The number of aryl methyl sites for hydroxylation is 1. The van der Waals surface area contributed by atoms with Gasteiger partial charge in [-0.15, -0.1) is 11.3 Å². The number of ketones is 1. The van der Waals surface area contributed by atoms with Crippen LogP contribution in [0.15, 0.2) is 40.8 Å². The third kappa shape index (κ3) is 2.44. The van der Waals surface area contributed by atoms with E-state index in [1.54, 1.807) is 11.3 Å². The van der Waals surface area contributed by atoms with Crippen molar-refractivity contribution in [1.29, 1.82) is 0 Å². The van der Waals surface area contributed by atoms with Crippen LogP contribution < -0.4 is 0 Å². The van der Waals surface area contributed by atoms with Crippen LogP contribution in [0.2, 0.25) is 0 Å². The number of Topliss-reactive ketones (excluding diaryl/α,β-unsaturated/α-hetero) is 1. The molecule has 0 saturated heterocycles. The highest BCUT2D eigenvalue weighted by atomic mass is 32.1. The Bertz CT molecular complexity index is 693. The van der Waals surface area contributed by atoms with Crippen molar-refractivity contribution in [1.82, 2.24) is 4.98 Å². The van der Waals surface area contributed by atoms with Gasteiger partial charge in [0, 0.05) is 4.88 Å². The Morgan fingerprint density at radius 1 is 1.26 bits per heavy atom. The fraction of sp³-hybridized carbons (Fsp3) is 0.200. The lowest BCUT2D eigenvalue weighted by Gasteiger charge is -1.93. The summed E-state index contributed by atoms with van der Waals surface area (Å²) in [4.78, 5) is 18.5. The summed E-state index contributed by atoms with van der Waals surface area (Å²) < 4.78 is 5.57. The van der Waals surface area contributed by atoms with Gasteiger partial charge in [0.05, 0.1) is 11.3 Å². The van der Waals surface area contributed by atoms with E-state index in [4.69, 9.17) is 4.42 Å². The predicted octanol–water partition coefficient (Wildman–Crippen LogP) is 3.88. The van der Waals surface area contributed by atoms with Gasteiger partial charge < -0.3 is 4.42 Å². The maximum Gasteiger partial charge on any atom is 0.203 e. The van der Waals surface area contributed by atoms with Gasteiger partial charge in [0.25, 0.3) is 0 Å². The molecule has 0 spiro atoms. The van der Waals surface area contributed by atoms with E-state index in [-0.39, 0.29) is 12.2 Å². The Balaban J connectivity index is 1.82. The van der Waals surface area contributed by atoms with Crippen molar-refractivity contribution in [3.8, 4) is 0 Å². The summed E-state index contributed by atoms with van der Waals surface area (Å²) in [6.07, 6.45) is 1.18. The highest BCUT2D eigenvalue weighted by Gasteiger charge is 2.14. The van der Waals surface area contributed by atoms with E-state index < -0.39 is 0 Å². The summed E-state index contributed by atoms with van der Waals surface area (Å²) >= 11 is 1.55. The van der Waals surface area contributed by atoms with E-state index in [1.807, 2.05) is 36.4 Å². The van der Waals surface area contributed by atoms with Crippen LogP contribution in [-0.4, -0.2) is 10.8 Å². The maximum absolute atomic E-state index is 12.1. The first kappa shape index (κ1) is 12.1. The van der Waals surface area contributed by atoms with E-state index in [1.165, 1.54) is 4.88 Å². The first-order valence-electron chi connectivity index (χ1n) is 6.22. The number of hydrogen-bond donors (Lipinski definition) is 0. The summed E-state index contributed by atoms with van der Waals surface area (Å²) in [6, 6.07) is 11.4. The standard InChI is InChI=1S/C15H13NO2S/c1-2-10-7-8-14(19-10)12(17)9-15-16-11-5-3-4-6-13(11)18-15/h3-8H,2,9H2,1H3. The molecule has 3 rings (SSSR count). The second-order valence-electron chi connectivity index (χ2n) is 4.29. The SMILES string of the molecule is CCc1ccc(C(=O)Cc2nc3ccccc3o2)s1. The molecule has 0 amide bonds. The zero-order valence-electron chi connectivity index (χ0n) is 10.6. The molecular weight excluding hydrogens is 258 g/mol. The Morgan fingerprint density at radius 3 is 2.84 bits per heavy atom. The normalized spacial score (nSPS) is 11.0. The summed E-state index contributed by atoms with van der Waals surface area (Å²) in [7, 11) is 0. The van der Waals surface area contributed by atoms with Crippen molar-refractivity contribution in [2.24, 2.45) is 0 Å². The van der Waals surface area contributed by atoms with Gasteiger partial charge in [0.1, 0.15) is 5.52 Å². The number of hydrogen-bond acceptors (Lipinski definition) is 4. The quantitative estimate of drug-likeness (QED) is 0.676. The van der Waals surface area contributed by atoms with E-state index in [9.17, 15) is 4.79 Å². The number of rotatable bonds is 4. The minimum atomic E-state index is 0.0660. The van der Waals surface area contributed by atoms with Gasteiger partial charge in [0.2, 0.25) is 5.89 Å². The van der Waals surface area contributed by atoms with Gasteiger partial charge in [-0.25, -0.2) is 4.98 Å². The van der Waals surface area contributed by atoms with Crippen LogP contribution in [0.3, 0.4) is 0 Å². The number of aromatic nitrogens is 1. The van der Waals surface area contributed by atoms with E-state index in [0.717, 1.165) is 22.4 Å². The van der Waals surface area contributed by atoms with E-state index >= 15 is 0 Å². The van der Waals surface area contributed by atoms with Crippen molar-refractivity contribution in [3.05, 3.63) is 52.0 Å². The molecule has 4 heteroatoms. The number of oxazole rings is 1. The average molecular weight is 271 g/mol. The van der Waals surface area contributed by atoms with Crippen molar-refractivity contribution < 1.29 is 9.21 Å². The largest absolute Gasteiger partial charge is 0.440 e. The molecule has 2 heterocycles. The monoisotopic (exact) mass is 271 g/mol. The van der Waals surface area contributed by atoms with Gasteiger partial charge >= 0.3 is 0 Å². The summed E-state index contributed by atoms with van der Waals surface area (Å²) in [5.41, 5.74) is 1.52. The van der Waals surface area contributed by atoms with E-state index in [0.29, 0.717) is 5.89 Å². The minimum absolute atomic E-state index is 0.0660. The molecule has 3 aromatic rings. The minimum Gasteiger partial charge on any atom is -0.440 e. The zero-order valence-corrected chi connectivity index (χ0v) is 11.4. The molecule has 3 nitrogen and oxygen atoms in total. The smallest absolute Gasteiger partial charge is 0.203 e. The Hall–Kier alpha value is -1.94. The molecular formula is C15H13NO2S. The third-order valence-corrected chi connectivity index (χ3v) is 4.21. The number of carbonyl (C=O) groups excluding carboxylic acids is 1. The molecule has 96 valence electrons. The number of nitrogens with zero attached hydrogens (tertiary/aromatic N) is 1. The Labute approximate surface area is 114 Å². The van der Waals surface area contributed by atoms with Crippen LogP contribution in [0, 0.1) is 0 Å². The number of benzene rings is 1. The fourth-order valence-electron chi connectivity index (χ4n) is 1.94. The number of fused-ring (bicyclic) bond motifs is 1. The Kier molecular flexibility index (Phi) is 3.17. The molecule has 0 atom stereocenters. The lowest BCUT2D eigenvalue weighted by molar-refractivity contribution is 0.0990. The summed E-state index contributed by atoms with van der Waals surface area (Å²) in [5, 5.41) is 0. The van der Waals surface area contributed by atoms with Crippen LogP contribution in [0.25, 0.3) is 11.1 Å².